The van der Waals surface area contributed by atoms with Crippen LogP contribution in [0, 0.1) is 0 Å². The fraction of sp³-hybridized carbons (Fsp3) is 0. The number of fused-ring (bicyclic) bond motifs is 1. The Hall–Kier alpha value is -0.770. The largest absolute Gasteiger partial charge is 0.478 e. The fourth-order valence-electron chi connectivity index (χ4n) is 2.08. The minimum Gasteiger partial charge on any atom is -0.478 e. The lowest BCUT2D eigenvalue weighted by molar-refractivity contribution is 0.0695. The average molecular weight is 438 g/mol. The molecule has 0 heterocycles. The van der Waals surface area contributed by atoms with Crippen LogP contribution >= 0.6 is 44.6 Å². The van der Waals surface area contributed by atoms with Crippen LogP contribution in [0.25, 0.3) is 10.8 Å². The number of benzene rings is 2. The van der Waals surface area contributed by atoms with Gasteiger partial charge in [0.25, 0.3) is 18.1 Å². The van der Waals surface area contributed by atoms with Gasteiger partial charge in [-0.05, 0) is 6.07 Å². The van der Waals surface area contributed by atoms with Crippen molar-refractivity contribution in [1.29, 1.82) is 0 Å². The molecule has 12 heteroatoms. The predicted octanol–water partition coefficient (Wildman–Crippen LogP) is 3.70. The topological polar surface area (TPSA) is 106 Å². The SMILES string of the molecule is O=C(O)c1c(S(=O)(=O)Cl)c(Cl)c(S(=O)(=O)Cl)c2cccc(Cl)c12. The maximum atomic E-state index is 11.8. The third kappa shape index (κ3) is 3.24. The number of halogens is 4. The van der Waals surface area contributed by atoms with E-state index in [1.165, 1.54) is 18.2 Å². The van der Waals surface area contributed by atoms with Crippen LogP contribution in [-0.2, 0) is 18.1 Å². The van der Waals surface area contributed by atoms with Gasteiger partial charge in [-0.15, -0.1) is 0 Å². The predicted molar refractivity (Wildman–Crippen MR) is 87.0 cm³/mol. The molecule has 0 aliphatic heterocycles. The van der Waals surface area contributed by atoms with Crippen LogP contribution in [0.15, 0.2) is 28.0 Å². The highest BCUT2D eigenvalue weighted by Gasteiger charge is 2.34. The summed E-state index contributed by atoms with van der Waals surface area (Å²) in [7, 11) is 1.28. The first kappa shape index (κ1) is 18.6. The van der Waals surface area contributed by atoms with E-state index in [9.17, 15) is 26.7 Å². The first-order valence-corrected chi connectivity index (χ1v) is 10.8. The smallest absolute Gasteiger partial charge is 0.337 e. The zero-order valence-corrected chi connectivity index (χ0v) is 15.2. The molecule has 0 fully saturated rings. The lowest BCUT2D eigenvalue weighted by atomic mass is 10.0. The third-order valence-electron chi connectivity index (χ3n) is 2.84. The maximum absolute atomic E-state index is 11.8. The summed E-state index contributed by atoms with van der Waals surface area (Å²) in [4.78, 5) is 9.65. The average Bonchev–Trinajstić information content (AvgIpc) is 2.33. The Morgan fingerprint density at radius 2 is 1.48 bits per heavy atom. The molecule has 0 unspecified atom stereocenters. The van der Waals surface area contributed by atoms with Gasteiger partial charge in [-0.3, -0.25) is 0 Å². The summed E-state index contributed by atoms with van der Waals surface area (Å²) >= 11 is 11.7. The highest BCUT2D eigenvalue weighted by atomic mass is 35.7. The summed E-state index contributed by atoms with van der Waals surface area (Å²) in [5.74, 6) is -1.71. The summed E-state index contributed by atoms with van der Waals surface area (Å²) in [5.41, 5.74) is -0.838. The van der Waals surface area contributed by atoms with Gasteiger partial charge in [0.05, 0.1) is 10.6 Å². The standard InChI is InChI=1S/C11H4Cl4O6S2/c12-5-3-1-2-4-6(5)7(11(16)17)10(23(15,20)21)8(13)9(4)22(14,18)19/h1-3H,(H,16,17). The van der Waals surface area contributed by atoms with Gasteiger partial charge in [-0.1, -0.05) is 35.3 Å². The van der Waals surface area contributed by atoms with Crippen LogP contribution in [0.2, 0.25) is 10.0 Å². The molecule has 0 aromatic heterocycles. The van der Waals surface area contributed by atoms with Crippen molar-refractivity contribution in [1.82, 2.24) is 0 Å². The minimum absolute atomic E-state index is 0.209. The molecule has 2 aromatic carbocycles. The Morgan fingerprint density at radius 1 is 0.957 bits per heavy atom. The second-order valence-electron chi connectivity index (χ2n) is 4.19. The van der Waals surface area contributed by atoms with E-state index in [2.05, 4.69) is 0 Å². The van der Waals surface area contributed by atoms with Gasteiger partial charge >= 0.3 is 5.97 Å². The highest BCUT2D eigenvalue weighted by molar-refractivity contribution is 8.14. The molecule has 0 bridgehead atoms. The molecule has 1 N–H and O–H groups in total. The van der Waals surface area contributed by atoms with Crippen LogP contribution in [0.3, 0.4) is 0 Å². The highest BCUT2D eigenvalue weighted by Crippen LogP contribution is 2.43. The van der Waals surface area contributed by atoms with Crippen LogP contribution < -0.4 is 0 Å². The zero-order chi connectivity index (χ0) is 17.7. The third-order valence-corrected chi connectivity index (χ3v) is 6.49. The number of carboxylic acid groups (broad SMARTS) is 1. The van der Waals surface area contributed by atoms with Crippen molar-refractivity contribution in [2.75, 3.05) is 0 Å². The van der Waals surface area contributed by atoms with Crippen LogP contribution in [0.1, 0.15) is 10.4 Å². The normalized spacial score (nSPS) is 12.5. The summed E-state index contributed by atoms with van der Waals surface area (Å²) < 4.78 is 47.1. The molecule has 0 aliphatic rings. The van der Waals surface area contributed by atoms with Crippen molar-refractivity contribution in [2.24, 2.45) is 0 Å². The van der Waals surface area contributed by atoms with Crippen LogP contribution in [0.5, 0.6) is 0 Å². The molecule has 0 radical (unpaired) electrons. The molecule has 2 aromatic rings. The van der Waals surface area contributed by atoms with Gasteiger partial charge in [0.15, 0.2) is 0 Å². The van der Waals surface area contributed by atoms with Crippen LogP contribution in [0.4, 0.5) is 0 Å². The van der Waals surface area contributed by atoms with Crippen molar-refractivity contribution in [3.05, 3.63) is 33.8 Å². The number of rotatable bonds is 3. The number of carboxylic acids is 1. The van der Waals surface area contributed by atoms with Gasteiger partial charge in [0, 0.05) is 37.2 Å². The number of hydrogen-bond acceptors (Lipinski definition) is 5. The monoisotopic (exact) mass is 436 g/mol. The molecule has 2 rings (SSSR count). The molecule has 6 nitrogen and oxygen atoms in total. The molecule has 23 heavy (non-hydrogen) atoms. The van der Waals surface area contributed by atoms with Crippen molar-refractivity contribution < 1.29 is 26.7 Å². The van der Waals surface area contributed by atoms with E-state index in [1.807, 2.05) is 0 Å². The van der Waals surface area contributed by atoms with E-state index in [4.69, 9.17) is 44.6 Å². The molecule has 0 saturated carbocycles. The van der Waals surface area contributed by atoms with E-state index in [0.717, 1.165) is 0 Å². The Balaban J connectivity index is 3.39. The number of carbonyl (C=O) groups is 1. The summed E-state index contributed by atoms with van der Waals surface area (Å²) in [6, 6.07) is 3.77. The Labute approximate surface area is 149 Å². The first-order chi connectivity index (χ1) is 10.4. The Bertz CT molecular complexity index is 1060. The fourth-order valence-corrected chi connectivity index (χ4v) is 5.90. The van der Waals surface area contributed by atoms with Gasteiger partial charge in [0.1, 0.15) is 9.79 Å². The van der Waals surface area contributed by atoms with E-state index >= 15 is 0 Å². The molecule has 0 amide bonds. The lowest BCUT2D eigenvalue weighted by Crippen LogP contribution is -2.10. The van der Waals surface area contributed by atoms with Crippen molar-refractivity contribution in [3.63, 3.8) is 0 Å². The van der Waals surface area contributed by atoms with Gasteiger partial charge < -0.3 is 5.11 Å². The number of aromatic carboxylic acids is 1. The Morgan fingerprint density at radius 3 is 1.91 bits per heavy atom. The minimum atomic E-state index is -4.72. The van der Waals surface area contributed by atoms with E-state index in [1.54, 1.807) is 0 Å². The molecule has 0 atom stereocenters. The lowest BCUT2D eigenvalue weighted by Gasteiger charge is -2.14. The summed E-state index contributed by atoms with van der Waals surface area (Å²) in [6.07, 6.45) is 0. The van der Waals surface area contributed by atoms with Gasteiger partial charge in [0.2, 0.25) is 0 Å². The van der Waals surface area contributed by atoms with E-state index in [0.29, 0.717) is 0 Å². The second-order valence-corrected chi connectivity index (χ2v) is 9.98. The quantitative estimate of drug-likeness (QED) is 0.733. The summed E-state index contributed by atoms with van der Waals surface area (Å²) in [6.45, 7) is 0. The van der Waals surface area contributed by atoms with Crippen molar-refractivity contribution >= 4 is 79.4 Å². The molecule has 0 spiro atoms. The molecular formula is C11H4Cl4O6S2. The van der Waals surface area contributed by atoms with Crippen LogP contribution in [-0.4, -0.2) is 27.9 Å². The van der Waals surface area contributed by atoms with Gasteiger partial charge in [-0.2, -0.15) is 0 Å². The summed E-state index contributed by atoms with van der Waals surface area (Å²) in [5, 5.41) is 7.63. The molecule has 124 valence electrons. The molecule has 0 aliphatic carbocycles. The Kier molecular flexibility index (Phi) is 4.80. The van der Waals surface area contributed by atoms with E-state index in [-0.39, 0.29) is 15.8 Å². The second kappa shape index (κ2) is 5.94. The van der Waals surface area contributed by atoms with Crippen molar-refractivity contribution in [3.8, 4) is 0 Å². The van der Waals surface area contributed by atoms with E-state index < -0.39 is 44.4 Å². The van der Waals surface area contributed by atoms with Crippen molar-refractivity contribution in [2.45, 2.75) is 9.79 Å². The zero-order valence-electron chi connectivity index (χ0n) is 10.5. The molecule has 0 saturated heterocycles. The van der Waals surface area contributed by atoms with Gasteiger partial charge in [-0.25, -0.2) is 21.6 Å². The number of hydrogen-bond donors (Lipinski definition) is 1. The molecular weight excluding hydrogens is 434 g/mol. The first-order valence-electron chi connectivity index (χ1n) is 5.43. The maximum Gasteiger partial charge on any atom is 0.337 e.